The van der Waals surface area contributed by atoms with Gasteiger partial charge in [-0.2, -0.15) is 0 Å². The summed E-state index contributed by atoms with van der Waals surface area (Å²) in [6.07, 6.45) is 0. The number of aryl methyl sites for hydroxylation is 2. The Hall–Kier alpha value is -2.90. The third kappa shape index (κ3) is 3.12. The van der Waals surface area contributed by atoms with Gasteiger partial charge < -0.3 is 9.52 Å². The second-order valence-corrected chi connectivity index (χ2v) is 8.01. The van der Waals surface area contributed by atoms with Gasteiger partial charge in [0.05, 0.1) is 11.9 Å². The molecule has 0 aliphatic heterocycles. The van der Waals surface area contributed by atoms with Crippen LogP contribution in [0, 0.1) is 13.8 Å². The minimum Gasteiger partial charge on any atom is -0.475 e. The van der Waals surface area contributed by atoms with Crippen LogP contribution in [0.15, 0.2) is 45.6 Å². The molecule has 8 heteroatoms. The van der Waals surface area contributed by atoms with Gasteiger partial charge in [0.1, 0.15) is 16.4 Å². The van der Waals surface area contributed by atoms with E-state index in [0.29, 0.717) is 26.8 Å². The van der Waals surface area contributed by atoms with Crippen LogP contribution in [-0.2, 0) is 6.54 Å². The quantitative estimate of drug-likeness (QED) is 0.521. The molecule has 6 nitrogen and oxygen atoms in total. The predicted octanol–water partition coefficient (Wildman–Crippen LogP) is 4.73. The summed E-state index contributed by atoms with van der Waals surface area (Å²) >= 11 is 7.47. The monoisotopic (exact) mass is 414 g/mol. The fourth-order valence-electron chi connectivity index (χ4n) is 3.03. The SMILES string of the molecule is Cc1sc2nc(-c3ccc(Cl)cc3)n(Cc3ccc(C(=O)O)o3)c(=O)c2c1C. The summed E-state index contributed by atoms with van der Waals surface area (Å²) in [5.41, 5.74) is 1.45. The van der Waals surface area contributed by atoms with Crippen LogP contribution in [0.1, 0.15) is 26.8 Å². The van der Waals surface area contributed by atoms with E-state index in [-0.39, 0.29) is 17.9 Å². The maximum Gasteiger partial charge on any atom is 0.371 e. The Labute approximate surface area is 168 Å². The van der Waals surface area contributed by atoms with Crippen molar-refractivity contribution in [3.63, 3.8) is 0 Å². The molecule has 142 valence electrons. The number of fused-ring (bicyclic) bond motifs is 1. The van der Waals surface area contributed by atoms with E-state index in [9.17, 15) is 9.59 Å². The summed E-state index contributed by atoms with van der Waals surface area (Å²) in [7, 11) is 0. The van der Waals surface area contributed by atoms with Crippen molar-refractivity contribution in [1.82, 2.24) is 9.55 Å². The molecule has 0 amide bonds. The fraction of sp³-hybridized carbons (Fsp3) is 0.150. The minimum absolute atomic E-state index is 0.0708. The van der Waals surface area contributed by atoms with Crippen molar-refractivity contribution >= 4 is 39.1 Å². The molecule has 1 aromatic carbocycles. The first-order valence-electron chi connectivity index (χ1n) is 8.43. The number of furan rings is 1. The maximum atomic E-state index is 13.3. The third-order valence-corrected chi connectivity index (χ3v) is 5.93. The summed E-state index contributed by atoms with van der Waals surface area (Å²) in [5, 5.41) is 10.2. The number of aromatic nitrogens is 2. The molecule has 28 heavy (non-hydrogen) atoms. The normalized spacial score (nSPS) is 11.2. The average Bonchev–Trinajstić information content (AvgIpc) is 3.23. The Kier molecular flexibility index (Phi) is 4.56. The molecule has 4 aromatic rings. The van der Waals surface area contributed by atoms with Gasteiger partial charge in [0.15, 0.2) is 0 Å². The van der Waals surface area contributed by atoms with Crippen molar-refractivity contribution in [1.29, 1.82) is 0 Å². The maximum absolute atomic E-state index is 13.3. The van der Waals surface area contributed by atoms with E-state index < -0.39 is 5.97 Å². The first-order valence-corrected chi connectivity index (χ1v) is 9.63. The molecule has 0 spiro atoms. The molecule has 1 N–H and O–H groups in total. The topological polar surface area (TPSA) is 85.3 Å². The zero-order valence-electron chi connectivity index (χ0n) is 15.0. The van der Waals surface area contributed by atoms with E-state index in [2.05, 4.69) is 0 Å². The van der Waals surface area contributed by atoms with Crippen LogP contribution in [0.25, 0.3) is 21.6 Å². The number of halogens is 1. The van der Waals surface area contributed by atoms with E-state index >= 15 is 0 Å². The number of nitrogens with zero attached hydrogens (tertiary/aromatic N) is 2. The smallest absolute Gasteiger partial charge is 0.371 e. The Balaban J connectivity index is 1.95. The Morgan fingerprint density at radius 2 is 1.93 bits per heavy atom. The first kappa shape index (κ1) is 18.5. The van der Waals surface area contributed by atoms with E-state index in [1.807, 2.05) is 13.8 Å². The minimum atomic E-state index is -1.16. The lowest BCUT2D eigenvalue weighted by molar-refractivity contribution is 0.0660. The van der Waals surface area contributed by atoms with Crippen LogP contribution in [0.4, 0.5) is 0 Å². The van der Waals surface area contributed by atoms with Gasteiger partial charge in [0.2, 0.25) is 5.76 Å². The standard InChI is InChI=1S/C20H15ClN2O4S/c1-10-11(2)28-18-16(10)19(24)23(9-14-7-8-15(27-14)20(25)26)17(22-18)12-3-5-13(21)6-4-12/h3-8H,9H2,1-2H3,(H,25,26). The molecule has 0 saturated heterocycles. The lowest BCUT2D eigenvalue weighted by Gasteiger charge is -2.12. The lowest BCUT2D eigenvalue weighted by atomic mass is 10.2. The highest BCUT2D eigenvalue weighted by Crippen LogP contribution is 2.29. The van der Waals surface area contributed by atoms with Gasteiger partial charge in [0, 0.05) is 15.5 Å². The Morgan fingerprint density at radius 3 is 2.57 bits per heavy atom. The molecule has 0 radical (unpaired) electrons. The van der Waals surface area contributed by atoms with Gasteiger partial charge in [-0.1, -0.05) is 11.6 Å². The van der Waals surface area contributed by atoms with Gasteiger partial charge in [-0.25, -0.2) is 9.78 Å². The highest BCUT2D eigenvalue weighted by molar-refractivity contribution is 7.18. The van der Waals surface area contributed by atoms with Crippen LogP contribution < -0.4 is 5.56 Å². The van der Waals surface area contributed by atoms with Gasteiger partial charge in [0.25, 0.3) is 5.56 Å². The number of hydrogen-bond donors (Lipinski definition) is 1. The second-order valence-electron chi connectivity index (χ2n) is 6.37. The molecule has 3 heterocycles. The zero-order chi connectivity index (χ0) is 20.0. The van der Waals surface area contributed by atoms with Crippen LogP contribution in [0.3, 0.4) is 0 Å². The Morgan fingerprint density at radius 1 is 1.21 bits per heavy atom. The summed E-state index contributed by atoms with van der Waals surface area (Å²) in [5.74, 6) is -0.494. The molecular weight excluding hydrogens is 400 g/mol. The highest BCUT2D eigenvalue weighted by atomic mass is 35.5. The Bertz CT molecular complexity index is 1270. The van der Waals surface area contributed by atoms with Gasteiger partial charge in [-0.3, -0.25) is 9.36 Å². The number of aromatic carboxylic acids is 1. The second kappa shape index (κ2) is 6.92. The third-order valence-electron chi connectivity index (χ3n) is 4.58. The summed E-state index contributed by atoms with van der Waals surface area (Å²) in [4.78, 5) is 30.8. The predicted molar refractivity (Wildman–Crippen MR) is 109 cm³/mol. The summed E-state index contributed by atoms with van der Waals surface area (Å²) in [6.45, 7) is 3.93. The molecule has 0 bridgehead atoms. The molecule has 0 aliphatic rings. The highest BCUT2D eigenvalue weighted by Gasteiger charge is 2.19. The van der Waals surface area contributed by atoms with Crippen molar-refractivity contribution in [3.8, 4) is 11.4 Å². The molecule has 0 saturated carbocycles. The van der Waals surface area contributed by atoms with E-state index in [4.69, 9.17) is 26.1 Å². The van der Waals surface area contributed by atoms with Crippen molar-refractivity contribution in [2.75, 3.05) is 0 Å². The molecular formula is C20H15ClN2O4S. The molecule has 4 rings (SSSR count). The number of benzene rings is 1. The van der Waals surface area contributed by atoms with Crippen molar-refractivity contribution in [2.24, 2.45) is 0 Å². The number of carboxylic acids is 1. The van der Waals surface area contributed by atoms with Crippen LogP contribution in [-0.4, -0.2) is 20.6 Å². The number of thiophene rings is 1. The van der Waals surface area contributed by atoms with Crippen molar-refractivity contribution < 1.29 is 14.3 Å². The zero-order valence-corrected chi connectivity index (χ0v) is 16.6. The summed E-state index contributed by atoms with van der Waals surface area (Å²) < 4.78 is 6.87. The van der Waals surface area contributed by atoms with Crippen molar-refractivity contribution in [3.05, 3.63) is 73.7 Å². The van der Waals surface area contributed by atoms with Crippen LogP contribution in [0.2, 0.25) is 5.02 Å². The van der Waals surface area contributed by atoms with E-state index in [1.54, 1.807) is 30.3 Å². The van der Waals surface area contributed by atoms with E-state index in [1.165, 1.54) is 22.0 Å². The summed E-state index contributed by atoms with van der Waals surface area (Å²) in [6, 6.07) is 9.99. The molecule has 3 aromatic heterocycles. The number of carbonyl (C=O) groups is 1. The number of carboxylic acid groups (broad SMARTS) is 1. The lowest BCUT2D eigenvalue weighted by Crippen LogP contribution is -2.24. The fourth-order valence-corrected chi connectivity index (χ4v) is 4.17. The first-order chi connectivity index (χ1) is 13.3. The average molecular weight is 415 g/mol. The van der Waals surface area contributed by atoms with Crippen LogP contribution >= 0.6 is 22.9 Å². The largest absolute Gasteiger partial charge is 0.475 e. The molecule has 0 aliphatic carbocycles. The van der Waals surface area contributed by atoms with Crippen LogP contribution in [0.5, 0.6) is 0 Å². The van der Waals surface area contributed by atoms with Gasteiger partial charge in [-0.15, -0.1) is 11.3 Å². The number of hydrogen-bond acceptors (Lipinski definition) is 5. The van der Waals surface area contributed by atoms with Crippen molar-refractivity contribution in [2.45, 2.75) is 20.4 Å². The molecule has 0 unspecified atom stereocenters. The molecule has 0 fully saturated rings. The van der Waals surface area contributed by atoms with Gasteiger partial charge in [-0.05, 0) is 55.8 Å². The van der Waals surface area contributed by atoms with Gasteiger partial charge >= 0.3 is 5.97 Å². The van der Waals surface area contributed by atoms with E-state index in [0.717, 1.165) is 16.0 Å². The molecule has 0 atom stereocenters. The number of rotatable bonds is 4.